The first-order chi connectivity index (χ1) is 10.3. The van der Waals surface area contributed by atoms with Crippen LogP contribution in [0.1, 0.15) is 43.5 Å². The Morgan fingerprint density at radius 3 is 2.95 bits per heavy atom. The molecule has 2 aromatic rings. The van der Waals surface area contributed by atoms with Gasteiger partial charge >= 0.3 is 0 Å². The van der Waals surface area contributed by atoms with Gasteiger partial charge in [0.1, 0.15) is 0 Å². The molecule has 0 spiro atoms. The zero-order valence-electron chi connectivity index (χ0n) is 12.3. The molecule has 110 valence electrons. The van der Waals surface area contributed by atoms with E-state index in [-0.39, 0.29) is 0 Å². The highest BCUT2D eigenvalue weighted by atomic mass is 35.5. The molecule has 1 heterocycles. The van der Waals surface area contributed by atoms with Gasteiger partial charge in [0.25, 0.3) is 0 Å². The summed E-state index contributed by atoms with van der Waals surface area (Å²) < 4.78 is 0. The molecule has 1 aromatic carbocycles. The molecule has 3 rings (SSSR count). The lowest BCUT2D eigenvalue weighted by Gasteiger charge is -2.18. The first-order valence-electron chi connectivity index (χ1n) is 7.63. The van der Waals surface area contributed by atoms with Crippen molar-refractivity contribution < 1.29 is 0 Å². The van der Waals surface area contributed by atoms with Crippen LogP contribution in [-0.4, -0.2) is 16.5 Å². The van der Waals surface area contributed by atoms with Crippen LogP contribution in [0.5, 0.6) is 0 Å². The number of benzene rings is 1. The van der Waals surface area contributed by atoms with Crippen molar-refractivity contribution in [3.05, 3.63) is 46.7 Å². The van der Waals surface area contributed by atoms with Crippen LogP contribution >= 0.6 is 11.6 Å². The first kappa shape index (κ1) is 14.5. The number of hydrogen-bond donors (Lipinski definition) is 1. The number of fused-ring (bicyclic) bond motifs is 1. The predicted molar refractivity (Wildman–Crippen MR) is 86.5 cm³/mol. The van der Waals surface area contributed by atoms with Gasteiger partial charge in [0, 0.05) is 29.1 Å². The maximum atomic E-state index is 6.26. The van der Waals surface area contributed by atoms with Crippen LogP contribution < -0.4 is 5.32 Å². The minimum Gasteiger partial charge on any atom is -0.310 e. The summed E-state index contributed by atoms with van der Waals surface area (Å²) in [7, 11) is 0. The SMILES string of the molecule is CCNC1CCCCc2nc(-c3ccccc3Cl)ncc21. The number of rotatable bonds is 3. The molecule has 0 aliphatic heterocycles. The Balaban J connectivity index is 2.01. The predicted octanol–water partition coefficient (Wildman–Crippen LogP) is 4.17. The van der Waals surface area contributed by atoms with E-state index in [2.05, 4.69) is 17.2 Å². The van der Waals surface area contributed by atoms with Gasteiger partial charge in [-0.2, -0.15) is 0 Å². The van der Waals surface area contributed by atoms with Crippen molar-refractivity contribution in [1.82, 2.24) is 15.3 Å². The van der Waals surface area contributed by atoms with Gasteiger partial charge in [-0.25, -0.2) is 9.97 Å². The molecule has 1 aliphatic carbocycles. The van der Waals surface area contributed by atoms with E-state index in [0.717, 1.165) is 30.8 Å². The lowest BCUT2D eigenvalue weighted by Crippen LogP contribution is -2.21. The molecular formula is C17H20ClN3. The Morgan fingerprint density at radius 1 is 1.29 bits per heavy atom. The molecule has 0 amide bonds. The zero-order valence-corrected chi connectivity index (χ0v) is 13.0. The van der Waals surface area contributed by atoms with Gasteiger partial charge in [0.15, 0.2) is 5.82 Å². The lowest BCUT2D eigenvalue weighted by molar-refractivity contribution is 0.502. The number of nitrogens with zero attached hydrogens (tertiary/aromatic N) is 2. The molecule has 1 aromatic heterocycles. The lowest BCUT2D eigenvalue weighted by atomic mass is 10.0. The fraction of sp³-hybridized carbons (Fsp3) is 0.412. The van der Waals surface area contributed by atoms with Gasteiger partial charge in [-0.05, 0) is 37.9 Å². The van der Waals surface area contributed by atoms with Crippen molar-refractivity contribution in [2.24, 2.45) is 0 Å². The summed E-state index contributed by atoms with van der Waals surface area (Å²) in [4.78, 5) is 9.36. The van der Waals surface area contributed by atoms with Crippen molar-refractivity contribution in [2.45, 2.75) is 38.6 Å². The molecule has 1 aliphatic rings. The van der Waals surface area contributed by atoms with Gasteiger partial charge < -0.3 is 5.32 Å². The largest absolute Gasteiger partial charge is 0.310 e. The maximum absolute atomic E-state index is 6.26. The minimum atomic E-state index is 0.382. The molecular weight excluding hydrogens is 282 g/mol. The van der Waals surface area contributed by atoms with Crippen LogP contribution in [0.2, 0.25) is 5.02 Å². The van der Waals surface area contributed by atoms with Crippen LogP contribution in [-0.2, 0) is 6.42 Å². The second-order valence-electron chi connectivity index (χ2n) is 5.43. The Labute approximate surface area is 130 Å². The summed E-state index contributed by atoms with van der Waals surface area (Å²) in [6, 6.07) is 8.14. The summed E-state index contributed by atoms with van der Waals surface area (Å²) in [5, 5.41) is 4.25. The van der Waals surface area contributed by atoms with E-state index < -0.39 is 0 Å². The van der Waals surface area contributed by atoms with Gasteiger partial charge in [-0.1, -0.05) is 37.1 Å². The summed E-state index contributed by atoms with van der Waals surface area (Å²) in [5.74, 6) is 0.733. The van der Waals surface area contributed by atoms with E-state index in [1.807, 2.05) is 30.5 Å². The van der Waals surface area contributed by atoms with E-state index in [0.29, 0.717) is 11.1 Å². The number of halogens is 1. The average Bonchev–Trinajstić information content (AvgIpc) is 2.70. The van der Waals surface area contributed by atoms with E-state index in [1.54, 1.807) is 0 Å². The van der Waals surface area contributed by atoms with Crippen LogP contribution in [0.3, 0.4) is 0 Å². The fourth-order valence-corrected chi connectivity index (χ4v) is 3.17. The fourth-order valence-electron chi connectivity index (χ4n) is 2.94. The number of nitrogens with one attached hydrogen (secondary N) is 1. The second kappa shape index (κ2) is 6.54. The Kier molecular flexibility index (Phi) is 4.51. The summed E-state index contributed by atoms with van der Waals surface area (Å²) in [6.45, 7) is 3.11. The smallest absolute Gasteiger partial charge is 0.160 e. The molecule has 0 saturated heterocycles. The molecule has 0 fully saturated rings. The van der Waals surface area contributed by atoms with E-state index in [4.69, 9.17) is 16.6 Å². The Hall–Kier alpha value is -1.45. The molecule has 0 bridgehead atoms. The van der Waals surface area contributed by atoms with Gasteiger partial charge in [-0.15, -0.1) is 0 Å². The minimum absolute atomic E-state index is 0.382. The molecule has 1 N–H and O–H groups in total. The Morgan fingerprint density at radius 2 is 2.14 bits per heavy atom. The Bertz CT molecular complexity index is 627. The maximum Gasteiger partial charge on any atom is 0.160 e. The molecule has 1 unspecified atom stereocenters. The van der Waals surface area contributed by atoms with E-state index in [1.165, 1.54) is 24.1 Å². The molecule has 1 atom stereocenters. The van der Waals surface area contributed by atoms with Crippen molar-refractivity contribution in [1.29, 1.82) is 0 Å². The topological polar surface area (TPSA) is 37.8 Å². The van der Waals surface area contributed by atoms with Crippen LogP contribution in [0.25, 0.3) is 11.4 Å². The third kappa shape index (κ3) is 3.09. The van der Waals surface area contributed by atoms with Crippen molar-refractivity contribution >= 4 is 11.6 Å². The molecule has 21 heavy (non-hydrogen) atoms. The molecule has 0 radical (unpaired) electrons. The van der Waals surface area contributed by atoms with Gasteiger partial charge in [-0.3, -0.25) is 0 Å². The number of aromatic nitrogens is 2. The number of hydrogen-bond acceptors (Lipinski definition) is 3. The van der Waals surface area contributed by atoms with Crippen LogP contribution in [0.4, 0.5) is 0 Å². The third-order valence-electron chi connectivity index (χ3n) is 4.00. The highest BCUT2D eigenvalue weighted by molar-refractivity contribution is 6.33. The standard InChI is InChI=1S/C17H20ClN3/c1-2-19-15-9-5-6-10-16-13(15)11-20-17(21-16)12-7-3-4-8-14(12)18/h3-4,7-8,11,15,19H,2,5-6,9-10H2,1H3. The van der Waals surface area contributed by atoms with Crippen molar-refractivity contribution in [2.75, 3.05) is 6.54 Å². The second-order valence-corrected chi connectivity index (χ2v) is 5.84. The third-order valence-corrected chi connectivity index (χ3v) is 4.33. The summed E-state index contributed by atoms with van der Waals surface area (Å²) in [5.41, 5.74) is 3.33. The average molecular weight is 302 g/mol. The van der Waals surface area contributed by atoms with Gasteiger partial charge in [0.2, 0.25) is 0 Å². The summed E-state index contributed by atoms with van der Waals surface area (Å²) >= 11 is 6.26. The molecule has 0 saturated carbocycles. The highest BCUT2D eigenvalue weighted by Crippen LogP contribution is 2.30. The van der Waals surface area contributed by atoms with Crippen LogP contribution in [0.15, 0.2) is 30.5 Å². The van der Waals surface area contributed by atoms with E-state index in [9.17, 15) is 0 Å². The zero-order chi connectivity index (χ0) is 14.7. The quantitative estimate of drug-likeness (QED) is 0.865. The highest BCUT2D eigenvalue weighted by Gasteiger charge is 2.20. The van der Waals surface area contributed by atoms with Gasteiger partial charge in [0.05, 0.1) is 5.02 Å². The first-order valence-corrected chi connectivity index (χ1v) is 8.01. The summed E-state index contributed by atoms with van der Waals surface area (Å²) in [6.07, 6.45) is 6.59. The molecule has 4 heteroatoms. The van der Waals surface area contributed by atoms with Crippen LogP contribution in [0, 0.1) is 0 Å². The van der Waals surface area contributed by atoms with E-state index >= 15 is 0 Å². The van der Waals surface area contributed by atoms with Crippen molar-refractivity contribution in [3.8, 4) is 11.4 Å². The monoisotopic (exact) mass is 301 g/mol. The molecule has 3 nitrogen and oxygen atoms in total. The van der Waals surface area contributed by atoms with Crippen molar-refractivity contribution in [3.63, 3.8) is 0 Å². The normalized spacial score (nSPS) is 18.1. The number of aryl methyl sites for hydroxylation is 1.